The Hall–Kier alpha value is -3.85. The van der Waals surface area contributed by atoms with E-state index in [1.807, 2.05) is 61.5 Å². The molecule has 38 heavy (non-hydrogen) atoms. The van der Waals surface area contributed by atoms with Crippen molar-refractivity contribution in [3.05, 3.63) is 95.6 Å². The van der Waals surface area contributed by atoms with Crippen LogP contribution < -0.4 is 14.4 Å². The molecule has 3 aromatic carbocycles. The first-order valence-corrected chi connectivity index (χ1v) is 14.3. The lowest BCUT2D eigenvalue weighted by atomic mass is 10.0. The van der Waals surface area contributed by atoms with E-state index in [0.717, 1.165) is 27.3 Å². The lowest BCUT2D eigenvalue weighted by Crippen LogP contribution is -2.53. The van der Waals surface area contributed by atoms with Gasteiger partial charge in [-0.2, -0.15) is 0 Å². The summed E-state index contributed by atoms with van der Waals surface area (Å²) in [5.74, 6) is -0.489. The number of aryl methyl sites for hydroxylation is 1. The van der Waals surface area contributed by atoms with Crippen LogP contribution in [0.15, 0.2) is 78.9 Å². The van der Waals surface area contributed by atoms with Gasteiger partial charge < -0.3 is 15.0 Å². The van der Waals surface area contributed by atoms with Crippen molar-refractivity contribution >= 4 is 27.5 Å². The van der Waals surface area contributed by atoms with E-state index in [0.29, 0.717) is 12.4 Å². The van der Waals surface area contributed by atoms with Crippen molar-refractivity contribution in [3.63, 3.8) is 0 Å². The minimum atomic E-state index is -3.87. The Morgan fingerprint density at radius 1 is 0.947 bits per heavy atom. The molecule has 0 heterocycles. The fraction of sp³-hybridized carbons (Fsp3) is 0.310. The van der Waals surface area contributed by atoms with Crippen molar-refractivity contribution in [2.75, 3.05) is 30.8 Å². The van der Waals surface area contributed by atoms with Gasteiger partial charge in [0.25, 0.3) is 0 Å². The summed E-state index contributed by atoms with van der Waals surface area (Å²) in [6.07, 6.45) is 1.32. The lowest BCUT2D eigenvalue weighted by molar-refractivity contribution is -0.139. The Bertz CT molecular complexity index is 1350. The molecule has 0 saturated carbocycles. The van der Waals surface area contributed by atoms with Crippen LogP contribution in [0.2, 0.25) is 0 Å². The molecule has 1 atom stereocenters. The molecule has 0 radical (unpaired) electrons. The van der Waals surface area contributed by atoms with Gasteiger partial charge in [-0.05, 0) is 42.7 Å². The van der Waals surface area contributed by atoms with Gasteiger partial charge in [0.15, 0.2) is 0 Å². The Kier molecular flexibility index (Phi) is 9.90. The molecule has 202 valence electrons. The second-order valence-corrected chi connectivity index (χ2v) is 10.8. The van der Waals surface area contributed by atoms with Crippen LogP contribution >= 0.6 is 0 Å². The van der Waals surface area contributed by atoms with Crippen LogP contribution in [0, 0.1) is 6.92 Å². The SMILES string of the molecule is CCOc1ccccc1N(CC(=O)N(Cc1ccccc1C)C(Cc1ccccc1)C(=O)NC)S(C)(=O)=O. The second-order valence-electron chi connectivity index (χ2n) is 8.94. The van der Waals surface area contributed by atoms with E-state index in [-0.39, 0.29) is 24.6 Å². The molecule has 0 spiro atoms. The predicted molar refractivity (Wildman–Crippen MR) is 150 cm³/mol. The third-order valence-corrected chi connectivity index (χ3v) is 7.36. The number of amides is 2. The molecule has 1 unspecified atom stereocenters. The van der Waals surface area contributed by atoms with E-state index in [2.05, 4.69) is 5.32 Å². The number of carbonyl (C=O) groups is 2. The fourth-order valence-corrected chi connectivity index (χ4v) is 5.08. The van der Waals surface area contributed by atoms with Gasteiger partial charge in [0.05, 0.1) is 18.6 Å². The van der Waals surface area contributed by atoms with Crippen molar-refractivity contribution < 1.29 is 22.7 Å². The number of ether oxygens (including phenoxy) is 1. The summed E-state index contributed by atoms with van der Waals surface area (Å²) in [6.45, 7) is 3.72. The van der Waals surface area contributed by atoms with Gasteiger partial charge in [0.1, 0.15) is 18.3 Å². The largest absolute Gasteiger partial charge is 0.492 e. The minimum Gasteiger partial charge on any atom is -0.492 e. The molecule has 8 nitrogen and oxygen atoms in total. The number of hydrogen-bond acceptors (Lipinski definition) is 5. The normalized spacial score (nSPS) is 11.9. The molecule has 0 bridgehead atoms. The van der Waals surface area contributed by atoms with Gasteiger partial charge in [-0.3, -0.25) is 13.9 Å². The minimum absolute atomic E-state index is 0.140. The highest BCUT2D eigenvalue weighted by Gasteiger charge is 2.33. The van der Waals surface area contributed by atoms with E-state index in [1.54, 1.807) is 31.2 Å². The number of para-hydroxylation sites is 2. The number of rotatable bonds is 12. The molecule has 0 fully saturated rings. The fourth-order valence-electron chi connectivity index (χ4n) is 4.23. The van der Waals surface area contributed by atoms with Crippen LogP contribution in [0.3, 0.4) is 0 Å². The Morgan fingerprint density at radius 3 is 2.21 bits per heavy atom. The zero-order valence-electron chi connectivity index (χ0n) is 22.3. The summed E-state index contributed by atoms with van der Waals surface area (Å²) >= 11 is 0. The molecule has 0 saturated heterocycles. The van der Waals surface area contributed by atoms with Crippen LogP contribution in [-0.2, 0) is 32.6 Å². The number of nitrogens with one attached hydrogen (secondary N) is 1. The van der Waals surface area contributed by atoms with Crippen molar-refractivity contribution in [1.29, 1.82) is 0 Å². The van der Waals surface area contributed by atoms with Gasteiger partial charge in [-0.15, -0.1) is 0 Å². The van der Waals surface area contributed by atoms with E-state index >= 15 is 0 Å². The van der Waals surface area contributed by atoms with Crippen molar-refractivity contribution in [2.45, 2.75) is 32.9 Å². The van der Waals surface area contributed by atoms with Gasteiger partial charge in [-0.25, -0.2) is 8.42 Å². The molecule has 0 aromatic heterocycles. The Labute approximate surface area is 225 Å². The summed E-state index contributed by atoms with van der Waals surface area (Å²) in [5, 5.41) is 2.68. The topological polar surface area (TPSA) is 96.0 Å². The van der Waals surface area contributed by atoms with E-state index in [1.165, 1.54) is 11.9 Å². The second kappa shape index (κ2) is 13.1. The van der Waals surface area contributed by atoms with Crippen molar-refractivity contribution in [1.82, 2.24) is 10.2 Å². The van der Waals surface area contributed by atoms with Gasteiger partial charge in [-0.1, -0.05) is 66.7 Å². The smallest absolute Gasteiger partial charge is 0.244 e. The molecule has 3 aromatic rings. The molecule has 0 aliphatic heterocycles. The van der Waals surface area contributed by atoms with E-state index in [4.69, 9.17) is 4.74 Å². The molecule has 3 rings (SSSR count). The number of likely N-dealkylation sites (N-methyl/N-ethyl adjacent to an activating group) is 1. The molecule has 1 N–H and O–H groups in total. The molecule has 0 aliphatic carbocycles. The summed E-state index contributed by atoms with van der Waals surface area (Å²) in [6, 6.07) is 22.9. The summed E-state index contributed by atoms with van der Waals surface area (Å²) in [4.78, 5) is 28.6. The van der Waals surface area contributed by atoms with E-state index < -0.39 is 28.5 Å². The van der Waals surface area contributed by atoms with Crippen molar-refractivity contribution in [3.8, 4) is 5.75 Å². The number of anilines is 1. The zero-order valence-corrected chi connectivity index (χ0v) is 23.1. The molecule has 0 aliphatic rings. The first-order valence-electron chi connectivity index (χ1n) is 12.4. The van der Waals surface area contributed by atoms with Gasteiger partial charge in [0.2, 0.25) is 21.8 Å². The quantitative estimate of drug-likeness (QED) is 0.381. The highest BCUT2D eigenvalue weighted by Crippen LogP contribution is 2.30. The maximum atomic E-state index is 14.0. The predicted octanol–water partition coefficient (Wildman–Crippen LogP) is 3.55. The third kappa shape index (κ3) is 7.35. The molecular weight excluding hydrogens is 502 g/mol. The van der Waals surface area contributed by atoms with Gasteiger partial charge in [0, 0.05) is 20.0 Å². The van der Waals surface area contributed by atoms with Crippen LogP contribution in [0.25, 0.3) is 0 Å². The highest BCUT2D eigenvalue weighted by atomic mass is 32.2. The summed E-state index contributed by atoms with van der Waals surface area (Å²) in [5.41, 5.74) is 2.97. The van der Waals surface area contributed by atoms with Crippen molar-refractivity contribution in [2.24, 2.45) is 0 Å². The average Bonchev–Trinajstić information content (AvgIpc) is 2.90. The van der Waals surface area contributed by atoms with Gasteiger partial charge >= 0.3 is 0 Å². The van der Waals surface area contributed by atoms with Crippen LogP contribution in [0.1, 0.15) is 23.6 Å². The van der Waals surface area contributed by atoms with E-state index in [9.17, 15) is 18.0 Å². The molecule has 9 heteroatoms. The first kappa shape index (κ1) is 28.7. The molecular formula is C29H35N3O5S. The van der Waals surface area contributed by atoms with Crippen LogP contribution in [0.4, 0.5) is 5.69 Å². The Morgan fingerprint density at radius 2 is 1.58 bits per heavy atom. The van der Waals surface area contributed by atoms with Crippen LogP contribution in [-0.4, -0.2) is 57.6 Å². The average molecular weight is 538 g/mol. The van der Waals surface area contributed by atoms with Crippen LogP contribution in [0.5, 0.6) is 5.75 Å². The number of nitrogens with zero attached hydrogens (tertiary/aromatic N) is 2. The first-order chi connectivity index (χ1) is 18.2. The summed E-state index contributed by atoms with van der Waals surface area (Å²) < 4.78 is 32.6. The number of carbonyl (C=O) groups excluding carboxylic acids is 2. The maximum Gasteiger partial charge on any atom is 0.244 e. The molecule has 2 amide bonds. The standard InChI is InChI=1S/C29H35N3O5S/c1-5-37-27-18-12-11-17-25(27)32(38(4,35)36)21-28(33)31(20-24-16-10-9-13-22(24)2)26(29(34)30-3)19-23-14-7-6-8-15-23/h6-18,26H,5,19-21H2,1-4H3,(H,30,34). The third-order valence-electron chi connectivity index (χ3n) is 6.23. The number of benzene rings is 3. The monoisotopic (exact) mass is 537 g/mol. The number of hydrogen-bond donors (Lipinski definition) is 1. The number of sulfonamides is 1. The lowest BCUT2D eigenvalue weighted by Gasteiger charge is -2.33. The Balaban J connectivity index is 2.06. The summed E-state index contributed by atoms with van der Waals surface area (Å²) in [7, 11) is -2.35. The maximum absolute atomic E-state index is 14.0. The zero-order chi connectivity index (χ0) is 27.7. The highest BCUT2D eigenvalue weighted by molar-refractivity contribution is 7.92.